The quantitative estimate of drug-likeness (QED) is 0.757. The smallest absolute Gasteiger partial charge is 0.162 e. The molecule has 1 saturated heterocycles. The number of nitrogens with one attached hydrogen (secondary N) is 3. The van der Waals surface area contributed by atoms with Crippen molar-refractivity contribution < 1.29 is 9.47 Å². The van der Waals surface area contributed by atoms with E-state index in [1.807, 2.05) is 12.1 Å². The van der Waals surface area contributed by atoms with E-state index in [2.05, 4.69) is 16.0 Å². The third-order valence-corrected chi connectivity index (χ3v) is 4.01. The summed E-state index contributed by atoms with van der Waals surface area (Å²) in [6.45, 7) is 3.04. The Morgan fingerprint density at radius 3 is 2.42 bits per heavy atom. The molecule has 1 atom stereocenters. The largest absolute Gasteiger partial charge is 0.493 e. The van der Waals surface area contributed by atoms with Crippen LogP contribution in [0, 0.1) is 0 Å². The number of ether oxygens (including phenoxy) is 2. The van der Waals surface area contributed by atoms with Crippen LogP contribution in [-0.2, 0) is 0 Å². The van der Waals surface area contributed by atoms with Gasteiger partial charge in [-0.3, -0.25) is 0 Å². The van der Waals surface area contributed by atoms with E-state index in [1.165, 1.54) is 12.8 Å². The van der Waals surface area contributed by atoms with Gasteiger partial charge in [0.2, 0.25) is 0 Å². The van der Waals surface area contributed by atoms with Crippen molar-refractivity contribution in [1.29, 1.82) is 0 Å². The Kier molecular flexibility index (Phi) is 3.14. The number of fused-ring (bicyclic) bond motifs is 1. The third-order valence-electron chi connectivity index (χ3n) is 4.01. The SMILES string of the molecule is COc1cc2c(cc1OC)NC1(CCCNC1)CN2. The zero-order valence-corrected chi connectivity index (χ0v) is 11.5. The third kappa shape index (κ3) is 2.18. The standard InChI is InChI=1S/C14H21N3O2/c1-18-12-6-10-11(7-13(12)19-2)17-14(9-16-10)4-3-5-15-8-14/h6-7,15-17H,3-5,8-9H2,1-2H3. The summed E-state index contributed by atoms with van der Waals surface area (Å²) in [5.74, 6) is 1.52. The predicted octanol–water partition coefficient (Wildman–Crippen LogP) is 1.66. The van der Waals surface area contributed by atoms with Crippen molar-refractivity contribution >= 4 is 11.4 Å². The zero-order chi connectivity index (χ0) is 13.3. The summed E-state index contributed by atoms with van der Waals surface area (Å²) in [7, 11) is 3.32. The highest BCUT2D eigenvalue weighted by molar-refractivity contribution is 5.77. The van der Waals surface area contributed by atoms with Gasteiger partial charge in [0.1, 0.15) is 0 Å². The molecule has 5 nitrogen and oxygen atoms in total. The van der Waals surface area contributed by atoms with Crippen molar-refractivity contribution in [3.8, 4) is 11.5 Å². The first-order valence-electron chi connectivity index (χ1n) is 6.75. The van der Waals surface area contributed by atoms with Crippen LogP contribution in [-0.4, -0.2) is 39.4 Å². The first-order chi connectivity index (χ1) is 9.26. The van der Waals surface area contributed by atoms with E-state index in [0.717, 1.165) is 42.5 Å². The van der Waals surface area contributed by atoms with Gasteiger partial charge in [-0.15, -0.1) is 0 Å². The van der Waals surface area contributed by atoms with Crippen molar-refractivity contribution in [1.82, 2.24) is 5.32 Å². The van der Waals surface area contributed by atoms with E-state index >= 15 is 0 Å². The molecule has 0 bridgehead atoms. The molecule has 0 aromatic heterocycles. The molecule has 0 aliphatic carbocycles. The Morgan fingerprint density at radius 2 is 1.79 bits per heavy atom. The van der Waals surface area contributed by atoms with Crippen LogP contribution in [0.1, 0.15) is 12.8 Å². The first kappa shape index (κ1) is 12.4. The maximum atomic E-state index is 5.37. The summed E-state index contributed by atoms with van der Waals surface area (Å²) >= 11 is 0. The lowest BCUT2D eigenvalue weighted by Gasteiger charge is -2.43. The van der Waals surface area contributed by atoms with Crippen LogP contribution >= 0.6 is 0 Å². The van der Waals surface area contributed by atoms with Crippen molar-refractivity contribution in [2.24, 2.45) is 0 Å². The highest BCUT2D eigenvalue weighted by atomic mass is 16.5. The van der Waals surface area contributed by atoms with Crippen LogP contribution in [0.3, 0.4) is 0 Å². The molecular formula is C14H21N3O2. The monoisotopic (exact) mass is 263 g/mol. The van der Waals surface area contributed by atoms with Gasteiger partial charge < -0.3 is 25.4 Å². The maximum absolute atomic E-state index is 5.37. The molecule has 3 rings (SSSR count). The second-order valence-electron chi connectivity index (χ2n) is 5.29. The fraction of sp³-hybridized carbons (Fsp3) is 0.571. The molecule has 1 aromatic rings. The Labute approximate surface area is 113 Å². The Bertz CT molecular complexity index is 470. The molecule has 0 saturated carbocycles. The topological polar surface area (TPSA) is 54.6 Å². The van der Waals surface area contributed by atoms with Gasteiger partial charge in [-0.05, 0) is 19.4 Å². The highest BCUT2D eigenvalue weighted by Gasteiger charge is 2.35. The lowest BCUT2D eigenvalue weighted by Crippen LogP contribution is -2.57. The molecule has 5 heteroatoms. The predicted molar refractivity (Wildman–Crippen MR) is 76.5 cm³/mol. The van der Waals surface area contributed by atoms with Gasteiger partial charge in [0.25, 0.3) is 0 Å². The fourth-order valence-electron chi connectivity index (χ4n) is 2.95. The lowest BCUT2D eigenvalue weighted by molar-refractivity contribution is 0.347. The second-order valence-corrected chi connectivity index (χ2v) is 5.29. The summed E-state index contributed by atoms with van der Waals surface area (Å²) < 4.78 is 10.7. The van der Waals surface area contributed by atoms with E-state index in [0.29, 0.717) is 0 Å². The Hall–Kier alpha value is -1.62. The molecular weight excluding hydrogens is 242 g/mol. The number of hydrogen-bond acceptors (Lipinski definition) is 5. The normalized spacial score (nSPS) is 25.2. The van der Waals surface area contributed by atoms with E-state index in [1.54, 1.807) is 14.2 Å². The number of piperidine rings is 1. The summed E-state index contributed by atoms with van der Waals surface area (Å²) in [5, 5.41) is 10.7. The summed E-state index contributed by atoms with van der Waals surface area (Å²) in [4.78, 5) is 0. The van der Waals surface area contributed by atoms with Crippen LogP contribution in [0.5, 0.6) is 11.5 Å². The van der Waals surface area contributed by atoms with Crippen LogP contribution in [0.25, 0.3) is 0 Å². The average Bonchev–Trinajstić information content (AvgIpc) is 2.46. The number of anilines is 2. The van der Waals surface area contributed by atoms with Gasteiger partial charge >= 0.3 is 0 Å². The van der Waals surface area contributed by atoms with E-state index in [-0.39, 0.29) is 5.54 Å². The van der Waals surface area contributed by atoms with Gasteiger partial charge in [0, 0.05) is 25.2 Å². The van der Waals surface area contributed by atoms with Crippen LogP contribution in [0.2, 0.25) is 0 Å². The van der Waals surface area contributed by atoms with E-state index in [4.69, 9.17) is 9.47 Å². The van der Waals surface area contributed by atoms with Gasteiger partial charge in [-0.25, -0.2) is 0 Å². The van der Waals surface area contributed by atoms with Crippen molar-refractivity contribution in [2.75, 3.05) is 44.5 Å². The molecule has 2 aliphatic rings. The maximum Gasteiger partial charge on any atom is 0.162 e. The minimum absolute atomic E-state index is 0.116. The first-order valence-corrected chi connectivity index (χ1v) is 6.75. The minimum Gasteiger partial charge on any atom is -0.493 e. The van der Waals surface area contributed by atoms with Gasteiger partial charge in [0.15, 0.2) is 11.5 Å². The molecule has 3 N–H and O–H groups in total. The lowest BCUT2D eigenvalue weighted by atomic mass is 9.87. The Morgan fingerprint density at radius 1 is 1.05 bits per heavy atom. The molecule has 1 unspecified atom stereocenters. The number of methoxy groups -OCH3 is 2. The number of benzene rings is 1. The average molecular weight is 263 g/mol. The molecule has 0 radical (unpaired) electrons. The Balaban J connectivity index is 1.91. The molecule has 1 spiro atoms. The van der Waals surface area contributed by atoms with Gasteiger partial charge in [0.05, 0.1) is 31.1 Å². The van der Waals surface area contributed by atoms with Crippen molar-refractivity contribution in [2.45, 2.75) is 18.4 Å². The van der Waals surface area contributed by atoms with E-state index < -0.39 is 0 Å². The highest BCUT2D eigenvalue weighted by Crippen LogP contribution is 2.40. The summed E-state index contributed by atoms with van der Waals surface area (Å²) in [6, 6.07) is 4.00. The fourth-order valence-corrected chi connectivity index (χ4v) is 2.95. The summed E-state index contributed by atoms with van der Waals surface area (Å²) in [6.07, 6.45) is 2.39. The van der Waals surface area contributed by atoms with Crippen molar-refractivity contribution in [3.05, 3.63) is 12.1 Å². The van der Waals surface area contributed by atoms with E-state index in [9.17, 15) is 0 Å². The number of rotatable bonds is 2. The van der Waals surface area contributed by atoms with Crippen molar-refractivity contribution in [3.63, 3.8) is 0 Å². The molecule has 1 aromatic carbocycles. The minimum atomic E-state index is 0.116. The number of hydrogen-bond donors (Lipinski definition) is 3. The molecule has 104 valence electrons. The molecule has 0 amide bonds. The zero-order valence-electron chi connectivity index (χ0n) is 11.5. The molecule has 2 aliphatic heterocycles. The second kappa shape index (κ2) is 4.81. The van der Waals surface area contributed by atoms with Gasteiger partial charge in [-0.2, -0.15) is 0 Å². The van der Waals surface area contributed by atoms with Crippen LogP contribution < -0.4 is 25.4 Å². The molecule has 2 heterocycles. The molecule has 1 fully saturated rings. The van der Waals surface area contributed by atoms with Crippen LogP contribution in [0.15, 0.2) is 12.1 Å². The molecule has 19 heavy (non-hydrogen) atoms. The van der Waals surface area contributed by atoms with Crippen LogP contribution in [0.4, 0.5) is 11.4 Å². The summed E-state index contributed by atoms with van der Waals surface area (Å²) in [5.41, 5.74) is 2.28. The van der Waals surface area contributed by atoms with Gasteiger partial charge in [-0.1, -0.05) is 0 Å².